The van der Waals surface area contributed by atoms with Crippen molar-refractivity contribution in [2.75, 3.05) is 0 Å². The van der Waals surface area contributed by atoms with Gasteiger partial charge in [-0.15, -0.1) is 0 Å². The molecule has 0 bridgehead atoms. The lowest BCUT2D eigenvalue weighted by Gasteiger charge is -2.11. The smallest absolute Gasteiger partial charge is 0.0541 e. The molecule has 0 amide bonds. The van der Waals surface area contributed by atoms with Gasteiger partial charge in [-0.1, -0.05) is 66.8 Å². The zero-order valence-corrected chi connectivity index (χ0v) is 17.7. The first-order chi connectivity index (χ1) is 15.9. The Labute approximate surface area is 186 Å². The fraction of sp³-hybridized carbons (Fsp3) is 0.0667. The van der Waals surface area contributed by atoms with Gasteiger partial charge in [0.2, 0.25) is 0 Å². The number of hydrogen-bond donors (Lipinski definition) is 0. The molecule has 0 unspecified atom stereocenters. The molecule has 2 aliphatic rings. The third-order valence-corrected chi connectivity index (χ3v) is 6.78. The van der Waals surface area contributed by atoms with Crippen LogP contribution in [0.15, 0.2) is 91.0 Å². The SMILES string of the molecule is C1=CCc2c3c(n(-c4ccc(-n5c6ccccc6c6ccccc65)cc4)c2=C1)=CCC=C3. The maximum absolute atomic E-state index is 2.42. The maximum Gasteiger partial charge on any atom is 0.0541 e. The Morgan fingerprint density at radius 1 is 0.625 bits per heavy atom. The summed E-state index contributed by atoms with van der Waals surface area (Å²) in [5, 5.41) is 5.22. The van der Waals surface area contributed by atoms with E-state index in [0.717, 1.165) is 12.8 Å². The summed E-state index contributed by atoms with van der Waals surface area (Å²) in [5.74, 6) is 0. The standard InChI is InChI=1S/C30H22N2/c1-5-13-27-23(9-1)24-10-2-6-14-28(24)31(27)21-17-19-22(20-18-21)32-29-15-7-3-11-25(29)26-12-4-8-16-30(26)32/h1-7,9-10,12-20H,8,11H2. The van der Waals surface area contributed by atoms with Gasteiger partial charge in [0.1, 0.15) is 0 Å². The first kappa shape index (κ1) is 17.6. The summed E-state index contributed by atoms with van der Waals surface area (Å²) in [6.45, 7) is 0. The van der Waals surface area contributed by atoms with E-state index < -0.39 is 0 Å². The van der Waals surface area contributed by atoms with Crippen LogP contribution in [0.1, 0.15) is 17.5 Å². The van der Waals surface area contributed by atoms with Crippen LogP contribution < -0.4 is 10.7 Å². The maximum atomic E-state index is 2.42. The Balaban J connectivity index is 1.45. The highest BCUT2D eigenvalue weighted by Gasteiger charge is 2.16. The molecule has 0 saturated heterocycles. The molecule has 2 nitrogen and oxygen atoms in total. The quantitative estimate of drug-likeness (QED) is 0.355. The van der Waals surface area contributed by atoms with Crippen LogP contribution in [-0.4, -0.2) is 9.13 Å². The van der Waals surface area contributed by atoms with Gasteiger partial charge in [0.25, 0.3) is 0 Å². The zero-order valence-electron chi connectivity index (χ0n) is 17.7. The molecule has 0 spiro atoms. The fourth-order valence-electron chi connectivity index (χ4n) is 5.39. The van der Waals surface area contributed by atoms with Gasteiger partial charge < -0.3 is 9.13 Å². The molecule has 7 rings (SSSR count). The van der Waals surface area contributed by atoms with E-state index in [0.29, 0.717) is 0 Å². The second-order valence-corrected chi connectivity index (χ2v) is 8.53. The van der Waals surface area contributed by atoms with E-state index in [-0.39, 0.29) is 0 Å². The molecule has 3 aromatic carbocycles. The van der Waals surface area contributed by atoms with Gasteiger partial charge in [-0.05, 0) is 60.9 Å². The second kappa shape index (κ2) is 6.73. The molecule has 2 aromatic heterocycles. The molecule has 2 aliphatic carbocycles. The van der Waals surface area contributed by atoms with Gasteiger partial charge in [-0.2, -0.15) is 0 Å². The number of aromatic nitrogens is 2. The average molecular weight is 411 g/mol. The molecule has 0 N–H and O–H groups in total. The molecule has 152 valence electrons. The van der Waals surface area contributed by atoms with E-state index in [1.165, 1.54) is 55.0 Å². The summed E-state index contributed by atoms with van der Waals surface area (Å²) in [6.07, 6.45) is 15.6. The highest BCUT2D eigenvalue weighted by Crippen LogP contribution is 2.31. The minimum Gasteiger partial charge on any atom is -0.310 e. The lowest BCUT2D eigenvalue weighted by atomic mass is 10.0. The highest BCUT2D eigenvalue weighted by atomic mass is 15.0. The third-order valence-electron chi connectivity index (χ3n) is 6.78. The van der Waals surface area contributed by atoms with E-state index in [4.69, 9.17) is 0 Å². The minimum atomic E-state index is 0.989. The van der Waals surface area contributed by atoms with E-state index in [1.54, 1.807) is 0 Å². The number of fused-ring (bicyclic) bond motifs is 6. The highest BCUT2D eigenvalue weighted by molar-refractivity contribution is 6.09. The summed E-state index contributed by atoms with van der Waals surface area (Å²) in [5.41, 5.74) is 7.70. The van der Waals surface area contributed by atoms with E-state index in [1.807, 2.05) is 0 Å². The van der Waals surface area contributed by atoms with Gasteiger partial charge in [-0.3, -0.25) is 0 Å². The van der Waals surface area contributed by atoms with Crippen LogP contribution in [0.2, 0.25) is 0 Å². The Morgan fingerprint density at radius 2 is 1.28 bits per heavy atom. The number of benzene rings is 3. The summed E-state index contributed by atoms with van der Waals surface area (Å²) < 4.78 is 4.80. The van der Waals surface area contributed by atoms with Gasteiger partial charge in [0, 0.05) is 27.7 Å². The van der Waals surface area contributed by atoms with Crippen molar-refractivity contribution in [2.24, 2.45) is 0 Å². The number of allylic oxidation sites excluding steroid dienone is 3. The number of hydrogen-bond acceptors (Lipinski definition) is 0. The van der Waals surface area contributed by atoms with Crippen LogP contribution >= 0.6 is 0 Å². The summed E-state index contributed by atoms with van der Waals surface area (Å²) in [6, 6.07) is 26.4. The van der Waals surface area contributed by atoms with Crippen LogP contribution in [0, 0.1) is 0 Å². The van der Waals surface area contributed by atoms with Crippen LogP contribution in [0.4, 0.5) is 0 Å². The summed E-state index contributed by atoms with van der Waals surface area (Å²) in [7, 11) is 0. The lowest BCUT2D eigenvalue weighted by molar-refractivity contribution is 0.974. The Bertz CT molecular complexity index is 1650. The fourth-order valence-corrected chi connectivity index (χ4v) is 5.39. The molecule has 0 saturated carbocycles. The minimum absolute atomic E-state index is 0.989. The average Bonchev–Trinajstić information content (AvgIpc) is 3.38. The molecule has 0 aliphatic heterocycles. The van der Waals surface area contributed by atoms with E-state index >= 15 is 0 Å². The normalized spacial score (nSPS) is 14.2. The molecular formula is C30H22N2. The van der Waals surface area contributed by atoms with Gasteiger partial charge in [-0.25, -0.2) is 0 Å². The zero-order chi connectivity index (χ0) is 21.1. The van der Waals surface area contributed by atoms with Crippen molar-refractivity contribution >= 4 is 40.0 Å². The third kappa shape index (κ3) is 2.41. The first-order valence-electron chi connectivity index (χ1n) is 11.3. The summed E-state index contributed by atoms with van der Waals surface area (Å²) in [4.78, 5) is 0. The molecule has 2 heterocycles. The van der Waals surface area contributed by atoms with Crippen LogP contribution in [0.25, 0.3) is 51.4 Å². The molecule has 0 fully saturated rings. The van der Waals surface area contributed by atoms with Crippen LogP contribution in [0.3, 0.4) is 0 Å². The lowest BCUT2D eigenvalue weighted by Crippen LogP contribution is -2.27. The number of rotatable bonds is 2. The van der Waals surface area contributed by atoms with Crippen molar-refractivity contribution in [3.05, 3.63) is 113 Å². The van der Waals surface area contributed by atoms with Crippen molar-refractivity contribution in [1.29, 1.82) is 0 Å². The largest absolute Gasteiger partial charge is 0.310 e. The van der Waals surface area contributed by atoms with Gasteiger partial charge in [0.15, 0.2) is 0 Å². The van der Waals surface area contributed by atoms with E-state index in [9.17, 15) is 0 Å². The monoisotopic (exact) mass is 410 g/mol. The van der Waals surface area contributed by atoms with Crippen LogP contribution in [-0.2, 0) is 6.42 Å². The predicted molar refractivity (Wildman–Crippen MR) is 135 cm³/mol. The van der Waals surface area contributed by atoms with Gasteiger partial charge >= 0.3 is 0 Å². The molecule has 32 heavy (non-hydrogen) atoms. The number of nitrogens with zero attached hydrogens (tertiary/aromatic N) is 2. The Hall–Kier alpha value is -4.04. The first-order valence-corrected chi connectivity index (χ1v) is 11.3. The predicted octanol–water partition coefficient (Wildman–Crippen LogP) is 5.66. The molecule has 2 heteroatoms. The molecular weight excluding hydrogens is 388 g/mol. The molecule has 0 radical (unpaired) electrons. The topological polar surface area (TPSA) is 9.86 Å². The summed E-state index contributed by atoms with van der Waals surface area (Å²) >= 11 is 0. The van der Waals surface area contributed by atoms with Crippen molar-refractivity contribution in [3.63, 3.8) is 0 Å². The van der Waals surface area contributed by atoms with Crippen molar-refractivity contribution < 1.29 is 0 Å². The van der Waals surface area contributed by atoms with E-state index in [2.05, 4.69) is 118 Å². The van der Waals surface area contributed by atoms with Crippen LogP contribution in [0.5, 0.6) is 0 Å². The molecule has 0 atom stereocenters. The van der Waals surface area contributed by atoms with Gasteiger partial charge in [0.05, 0.1) is 21.7 Å². The second-order valence-electron chi connectivity index (χ2n) is 8.53. The van der Waals surface area contributed by atoms with Crippen molar-refractivity contribution in [2.45, 2.75) is 12.8 Å². The van der Waals surface area contributed by atoms with Crippen molar-refractivity contribution in [1.82, 2.24) is 9.13 Å². The number of para-hydroxylation sites is 2. The Morgan fingerprint density at radius 3 is 2.00 bits per heavy atom. The molecule has 5 aromatic rings. The Kier molecular flexibility index (Phi) is 3.71. The van der Waals surface area contributed by atoms with Crippen molar-refractivity contribution in [3.8, 4) is 11.4 Å².